The first kappa shape index (κ1) is 184. The van der Waals surface area contributed by atoms with Gasteiger partial charge in [-0.05, 0) is 69.2 Å². The molecular weight excluding hydrogens is 10600 g/mol. The van der Waals surface area contributed by atoms with Crippen LogP contribution in [0.25, 0.3) is 0 Å². The van der Waals surface area contributed by atoms with Crippen molar-refractivity contribution in [2.24, 2.45) is 11.1 Å². The normalized spacial score (nSPS) is 17.5. The fourth-order valence-corrected chi connectivity index (χ4v) is 15300. The minimum atomic E-state index is -2.54. The first-order valence-electron chi connectivity index (χ1n) is 23.6. The Labute approximate surface area is 1230 Å². The van der Waals surface area contributed by atoms with Gasteiger partial charge in [0.05, 0.1) is 13.0 Å². The molecule has 2 atom stereocenters. The number of hydrogen-bond donors (Lipinski definition) is 3. The van der Waals surface area contributed by atoms with Gasteiger partial charge in [0.2, 0.25) is 12.9 Å². The number of alkyl halides is 4. The number of carbonyl (C=O) groups is 3. The fourth-order valence-electron chi connectivity index (χ4n) is 3.44. The molecule has 0 aliphatic heterocycles. The summed E-state index contributed by atoms with van der Waals surface area (Å²) in [7, 11) is -22.2. The van der Waals surface area contributed by atoms with E-state index in [1.54, 1.807) is 62.3 Å². The summed E-state index contributed by atoms with van der Waals surface area (Å²) in [5.74, 6) is -0.565. The van der Waals surface area contributed by atoms with Crippen LogP contribution in [0, 0.1) is 5.41 Å². The van der Waals surface area contributed by atoms with Gasteiger partial charge < -0.3 is 34.9 Å². The molecule has 4 N–H and O–H groups in total. The van der Waals surface area contributed by atoms with Crippen molar-refractivity contribution in [2.45, 2.75) is 138 Å². The van der Waals surface area contributed by atoms with Gasteiger partial charge in [-0.25, -0.2) is 27.2 Å². The topological polar surface area (TPSA) is 155 Å². The van der Waals surface area contributed by atoms with Crippen molar-refractivity contribution >= 4 is 1060 Å². The minimum absolute atomic E-state index is 0. The van der Waals surface area contributed by atoms with Crippen molar-refractivity contribution in [1.82, 2.24) is 0 Å². The maximum atomic E-state index is 12.2. The average molecular weight is 10600 g/mol. The zero-order valence-electron chi connectivity index (χ0n) is 55.4. The van der Waals surface area contributed by atoms with Gasteiger partial charge in [-0.2, -0.15) is 0 Å². The molecule has 0 bridgehead atoms. The molecule has 93 heteroatoms. The van der Waals surface area contributed by atoms with E-state index in [2.05, 4.69) is 749 Å². The zero-order chi connectivity index (χ0) is 95.4. The molecule has 0 aromatic rings. The van der Waals surface area contributed by atoms with Gasteiger partial charge in [-0.1, -0.05) is 14.4 Å². The average Bonchev–Trinajstić information content (AvgIpc) is 0.817. The Morgan fingerprint density at radius 1 is 0.300 bits per heavy atom. The van der Waals surface area contributed by atoms with E-state index < -0.39 is 385 Å². The molecule has 0 aromatic heterocycles. The second kappa shape index (κ2) is 104. The first-order valence-corrected chi connectivity index (χ1v) is 514. The van der Waals surface area contributed by atoms with Gasteiger partial charge in [-0.3, -0.25) is 4.79 Å². The van der Waals surface area contributed by atoms with Gasteiger partial charge >= 0.3 is 1080 Å². The molecule has 0 spiro atoms. The fraction of sp³-hybridized carbons (Fsp3) is 0.889. The molecule has 0 saturated heterocycles. The molecule has 802 valence electrons. The van der Waals surface area contributed by atoms with Crippen LogP contribution in [0.2, 0.25) is 0 Å². The maximum absolute atomic E-state index is 12.2. The monoisotopic (exact) mass is 10600 g/mol. The van der Waals surface area contributed by atoms with Crippen LogP contribution in [0.4, 0.5) is 27.2 Å². The zero-order valence-corrected chi connectivity index (χ0v) is 226. The number of nitrogens with two attached hydrogens (primary N) is 1. The van der Waals surface area contributed by atoms with Gasteiger partial charge in [0, 0.05) is 30.4 Å². The number of rotatable bonds is 46. The Kier molecular flexibility index (Phi) is 160. The second-order valence-corrected chi connectivity index (χ2v) is 1890. The number of halogens is 83. The summed E-state index contributed by atoms with van der Waals surface area (Å²) >= 11 is 135. The Hall–Kier alpha value is 55.5. The summed E-state index contributed by atoms with van der Waals surface area (Å²) in [5, 5.41) is 17.4. The number of hydrogen-bond acceptors (Lipinski definition) is 10. The molecular formula is C27H53F4I79NO9-. The molecule has 0 heterocycles. The number of esters is 1. The number of carbonyl (C=O) groups excluding carboxylic acids is 3. The van der Waals surface area contributed by atoms with E-state index in [4.69, 9.17) is 30.2 Å². The Morgan fingerprint density at radius 3 is 0.592 bits per heavy atom. The molecule has 0 aromatic carbocycles. The van der Waals surface area contributed by atoms with Gasteiger partial charge in [-0.15, -0.1) is 0 Å². The molecule has 0 saturated carbocycles. The van der Waals surface area contributed by atoms with Crippen LogP contribution in [-0.2, 0) is 23.7 Å². The van der Waals surface area contributed by atoms with Gasteiger partial charge in [0.15, 0.2) is 0 Å². The van der Waals surface area contributed by atoms with Crippen molar-refractivity contribution in [3.8, 4) is 0 Å². The summed E-state index contributed by atoms with van der Waals surface area (Å²) in [6, 6.07) is 0. The molecule has 120 heavy (non-hydrogen) atoms. The number of aliphatic hydroxyl groups excluding tert-OH is 2. The molecule has 0 fully saturated rings. The molecule has 2 unspecified atom stereocenters. The second-order valence-electron chi connectivity index (χ2n) is 19.0. The van der Waals surface area contributed by atoms with Crippen LogP contribution in [-0.4, -0.2) is 76.9 Å². The quantitative estimate of drug-likeness (QED) is 0.0176. The molecule has 0 aliphatic carbocycles. The molecule has 0 rings (SSSR count). The Bertz CT molecular complexity index is 2750. The summed E-state index contributed by atoms with van der Waals surface area (Å²) in [6.07, 6.45) is -8.27. The summed E-state index contributed by atoms with van der Waals surface area (Å²) in [5.41, 5.74) is 0.910. The standard InChI is InChI=1S/C11H20F2O3.C10H18O5.C5H11F2NO.CH4.I79/c1-10(2,3)16-9(15)6-11(4,7-14)5-8(12)13;1-9(2,3)14-7(11)13-8(12)15-10(4,5)6;1-5(8,3-9)2-4(6)7;;1-41-43(4)45(6)47(8)49(10)51(12)53(14)55(16)57(18)59(20)61(22)63(24)65(26)67(28)69(30)71(32)73(34)75(36)77(38)79(40)78(39)76(37)74(35)72(33)70(31)68(29)66(27)64(25)62(23)60(21)58(19)56(17)54(15)52(13)50(11)48(9)46(7)44(5)42(2)3/h8,14H,5-7H2,1-4H3;1-6H3;4,9H,2-3,8H2,1H3;1H4;/q;;;;-1. The van der Waals surface area contributed by atoms with Crippen LogP contribution in [0.15, 0.2) is 0 Å². The van der Waals surface area contributed by atoms with Crippen LogP contribution < -0.4 is 19.0 Å². The third-order valence-electron chi connectivity index (χ3n) is 7.01. The summed E-state index contributed by atoms with van der Waals surface area (Å²) in [6.45, 7) is 17.1. The van der Waals surface area contributed by atoms with E-state index in [0.29, 0.717) is 13.3 Å². The van der Waals surface area contributed by atoms with Crippen molar-refractivity contribution < 1.29 is 74.4 Å². The van der Waals surface area contributed by atoms with Gasteiger partial charge in [0.1, 0.15) is 16.8 Å². The SMILES string of the molecule is C.CC(C)(C)OC(=O)OC(=O)OC(C)(C)C.CC(CO)(CC(=O)OC(C)(C)C)CC(F)F.CC(N)(CO)CC(F)F.I[I-]I(I)I(I)I(I)I(I)I(I)I(I)I(I)I(I)I(I)I(I)I(I)I(I)I(I)I(I)I(I)I(I)I(I)I(I)I(I)I(I)I(I)I(I)I(I)I(I)I(I)I(I)I(I)I(I)I(I)I(I)I(I)I(I)I(I)I(I)I(I)I(I)I(I)I(I)I. The Balaban J connectivity index is -0.000000863. The van der Waals surface area contributed by atoms with Crippen molar-refractivity contribution in [3.63, 3.8) is 0 Å². The van der Waals surface area contributed by atoms with Crippen LogP contribution in [0.1, 0.15) is 103 Å². The van der Waals surface area contributed by atoms with E-state index in [9.17, 15) is 31.9 Å². The van der Waals surface area contributed by atoms with E-state index in [-0.39, 0.29) is 13.8 Å². The third kappa shape index (κ3) is 85.6. The van der Waals surface area contributed by atoms with E-state index in [1.165, 1.54) is 13.8 Å². The predicted octanol–water partition coefficient (Wildman–Crippen LogP) is 72.3. The van der Waals surface area contributed by atoms with Gasteiger partial charge in [0.25, 0.3) is 0 Å². The Morgan fingerprint density at radius 2 is 0.467 bits per heavy atom. The molecule has 10 nitrogen and oxygen atoms in total. The third-order valence-corrected chi connectivity index (χ3v) is 6200. The van der Waals surface area contributed by atoms with Crippen molar-refractivity contribution in [1.29, 1.82) is 0 Å². The number of ether oxygens (including phenoxy) is 4. The van der Waals surface area contributed by atoms with E-state index in [1.807, 2.05) is 0 Å². The van der Waals surface area contributed by atoms with Crippen molar-refractivity contribution in [2.75, 3.05) is 13.2 Å². The first-order chi connectivity index (χ1) is 53.5. The van der Waals surface area contributed by atoms with Crippen molar-refractivity contribution in [3.05, 3.63) is 0 Å². The summed E-state index contributed by atoms with van der Waals surface area (Å²) in [4.78, 5) is 33.5. The predicted molar refractivity (Wildman–Crippen MR) is 1240 cm³/mol. The van der Waals surface area contributed by atoms with Crippen LogP contribution in [0.5, 0.6) is 0 Å². The molecule has 0 radical (unpaired) electrons. The van der Waals surface area contributed by atoms with Crippen LogP contribution in [0.3, 0.4) is 0 Å². The van der Waals surface area contributed by atoms with Crippen LogP contribution >= 0.6 is 1040 Å². The van der Waals surface area contributed by atoms with E-state index in [0.717, 1.165) is 0 Å². The summed E-state index contributed by atoms with van der Waals surface area (Å²) < 4.78 is 66.4. The number of aliphatic hydroxyl groups is 2. The molecule has 0 amide bonds. The van der Waals surface area contributed by atoms with E-state index >= 15 is 0 Å². The molecule has 0 aliphatic rings.